The highest BCUT2D eigenvalue weighted by Crippen LogP contribution is 2.26. The number of hydrogen-bond acceptors (Lipinski definition) is 4. The van der Waals surface area contributed by atoms with E-state index in [4.69, 9.17) is 10.00 Å². The Balaban J connectivity index is 1.83. The summed E-state index contributed by atoms with van der Waals surface area (Å²) in [5.74, 6) is -2.03. The van der Waals surface area contributed by atoms with Crippen molar-refractivity contribution in [3.8, 4) is 6.07 Å². The van der Waals surface area contributed by atoms with Gasteiger partial charge in [0.1, 0.15) is 11.5 Å². The first-order valence-electron chi connectivity index (χ1n) is 8.29. The van der Waals surface area contributed by atoms with Crippen LogP contribution in [-0.4, -0.2) is 37.7 Å². The molecule has 1 aliphatic rings. The number of hydrogen-bond donors (Lipinski definition) is 1. The summed E-state index contributed by atoms with van der Waals surface area (Å²) in [4.78, 5) is 2.09. The molecule has 0 radical (unpaired) electrons. The zero-order valence-corrected chi connectivity index (χ0v) is 14.0. The summed E-state index contributed by atoms with van der Waals surface area (Å²) in [5.41, 5.74) is 0.341. The highest BCUT2D eigenvalue weighted by Gasteiger charge is 2.24. The van der Waals surface area contributed by atoms with Crippen LogP contribution in [0.4, 0.5) is 18.9 Å². The Bertz CT molecular complexity index is 793. The molecule has 1 aliphatic heterocycles. The number of nitriles is 1. The summed E-state index contributed by atoms with van der Waals surface area (Å²) in [6.45, 7) is 2.56. The van der Waals surface area contributed by atoms with E-state index in [2.05, 4.69) is 10.2 Å². The zero-order valence-electron chi connectivity index (χ0n) is 14.0. The van der Waals surface area contributed by atoms with E-state index in [-0.39, 0.29) is 29.7 Å². The summed E-state index contributed by atoms with van der Waals surface area (Å²) < 4.78 is 47.2. The van der Waals surface area contributed by atoms with Crippen molar-refractivity contribution in [1.82, 2.24) is 4.90 Å². The smallest absolute Gasteiger partial charge is 0.150 e. The van der Waals surface area contributed by atoms with Gasteiger partial charge in [-0.15, -0.1) is 0 Å². The fraction of sp³-hybridized carbons (Fsp3) is 0.316. The molecule has 2 aromatic carbocycles. The first-order chi connectivity index (χ1) is 12.6. The molecule has 1 heterocycles. The SMILES string of the molecule is N#Cc1cc(F)c(NCC(c2cccc(F)c2)N2CCOCC2)c(F)c1. The molecular weight excluding hydrogens is 343 g/mol. The number of benzene rings is 2. The standard InChI is InChI=1S/C19H18F3N3O/c20-15-3-1-2-14(10-15)18(25-4-6-26-7-5-25)12-24-19-16(21)8-13(11-23)9-17(19)22/h1-3,8-10,18,24H,4-7,12H2. The topological polar surface area (TPSA) is 48.3 Å². The minimum absolute atomic E-state index is 0.0830. The fourth-order valence-corrected chi connectivity index (χ4v) is 3.07. The Kier molecular flexibility index (Phi) is 5.76. The quantitative estimate of drug-likeness (QED) is 0.886. The van der Waals surface area contributed by atoms with E-state index in [0.29, 0.717) is 31.9 Å². The van der Waals surface area contributed by atoms with Crippen LogP contribution in [0, 0.1) is 28.8 Å². The van der Waals surface area contributed by atoms with Crippen LogP contribution in [0.3, 0.4) is 0 Å². The molecule has 1 atom stereocenters. The second kappa shape index (κ2) is 8.21. The van der Waals surface area contributed by atoms with Gasteiger partial charge < -0.3 is 10.1 Å². The van der Waals surface area contributed by atoms with Crippen molar-refractivity contribution in [2.75, 3.05) is 38.2 Å². The molecule has 1 fully saturated rings. The van der Waals surface area contributed by atoms with Crippen molar-refractivity contribution in [1.29, 1.82) is 5.26 Å². The molecule has 7 heteroatoms. The van der Waals surface area contributed by atoms with E-state index in [0.717, 1.165) is 12.1 Å². The van der Waals surface area contributed by atoms with E-state index >= 15 is 0 Å². The molecule has 1 N–H and O–H groups in total. The maximum absolute atomic E-state index is 14.1. The third-order valence-corrected chi connectivity index (χ3v) is 4.36. The summed E-state index contributed by atoms with van der Waals surface area (Å²) >= 11 is 0. The van der Waals surface area contributed by atoms with Gasteiger partial charge in [-0.1, -0.05) is 12.1 Å². The van der Waals surface area contributed by atoms with Gasteiger partial charge >= 0.3 is 0 Å². The molecule has 0 aliphatic carbocycles. The van der Waals surface area contributed by atoms with Crippen molar-refractivity contribution in [2.45, 2.75) is 6.04 Å². The Morgan fingerprint density at radius 2 is 1.81 bits per heavy atom. The van der Waals surface area contributed by atoms with Gasteiger partial charge in [0.05, 0.1) is 30.9 Å². The largest absolute Gasteiger partial charge is 0.379 e. The average molecular weight is 361 g/mol. The minimum atomic E-state index is -0.832. The van der Waals surface area contributed by atoms with Crippen LogP contribution in [-0.2, 0) is 4.74 Å². The van der Waals surface area contributed by atoms with Gasteiger partial charge in [-0.3, -0.25) is 4.90 Å². The Labute approximate surface area is 149 Å². The molecule has 0 saturated carbocycles. The fourth-order valence-electron chi connectivity index (χ4n) is 3.07. The average Bonchev–Trinajstić information content (AvgIpc) is 2.64. The number of halogens is 3. The van der Waals surface area contributed by atoms with Crippen LogP contribution in [0.1, 0.15) is 17.2 Å². The van der Waals surface area contributed by atoms with Crippen LogP contribution in [0.15, 0.2) is 36.4 Å². The van der Waals surface area contributed by atoms with Crippen molar-refractivity contribution >= 4 is 5.69 Å². The van der Waals surface area contributed by atoms with Crippen molar-refractivity contribution in [3.05, 3.63) is 65.0 Å². The monoisotopic (exact) mass is 361 g/mol. The third kappa shape index (κ3) is 4.15. The molecule has 26 heavy (non-hydrogen) atoms. The van der Waals surface area contributed by atoms with E-state index in [9.17, 15) is 13.2 Å². The lowest BCUT2D eigenvalue weighted by atomic mass is 10.0. The molecule has 0 amide bonds. The van der Waals surface area contributed by atoms with Gasteiger partial charge in [-0.05, 0) is 29.8 Å². The summed E-state index contributed by atoms with van der Waals surface area (Å²) in [6.07, 6.45) is 0. The lowest BCUT2D eigenvalue weighted by Crippen LogP contribution is -2.41. The van der Waals surface area contributed by atoms with Crippen molar-refractivity contribution in [2.24, 2.45) is 0 Å². The molecular formula is C19H18F3N3O. The lowest BCUT2D eigenvalue weighted by molar-refractivity contribution is 0.0186. The molecule has 4 nitrogen and oxygen atoms in total. The van der Waals surface area contributed by atoms with Crippen LogP contribution < -0.4 is 5.32 Å². The van der Waals surface area contributed by atoms with Gasteiger partial charge in [0, 0.05) is 19.6 Å². The predicted octanol–water partition coefficient (Wildman–Crippen LogP) is 3.46. The summed E-state index contributed by atoms with van der Waals surface area (Å²) in [7, 11) is 0. The van der Waals surface area contributed by atoms with Gasteiger partial charge in [0.25, 0.3) is 0 Å². The maximum Gasteiger partial charge on any atom is 0.150 e. The molecule has 1 unspecified atom stereocenters. The number of ether oxygens (including phenoxy) is 1. The van der Waals surface area contributed by atoms with Crippen LogP contribution in [0.5, 0.6) is 0 Å². The Hall–Kier alpha value is -2.56. The highest BCUT2D eigenvalue weighted by molar-refractivity contribution is 5.50. The second-order valence-corrected chi connectivity index (χ2v) is 6.03. The van der Waals surface area contributed by atoms with E-state index < -0.39 is 11.6 Å². The van der Waals surface area contributed by atoms with Crippen LogP contribution in [0.2, 0.25) is 0 Å². The van der Waals surface area contributed by atoms with Crippen molar-refractivity contribution in [3.63, 3.8) is 0 Å². The number of rotatable bonds is 5. The van der Waals surface area contributed by atoms with Gasteiger partial charge in [-0.25, -0.2) is 13.2 Å². The summed E-state index contributed by atoms with van der Waals surface area (Å²) in [5, 5.41) is 11.6. The minimum Gasteiger partial charge on any atom is -0.379 e. The molecule has 136 valence electrons. The second-order valence-electron chi connectivity index (χ2n) is 6.03. The first kappa shape index (κ1) is 18.2. The molecule has 0 aromatic heterocycles. The number of morpholine rings is 1. The summed E-state index contributed by atoms with van der Waals surface area (Å²) in [6, 6.07) is 9.58. The zero-order chi connectivity index (χ0) is 18.5. The highest BCUT2D eigenvalue weighted by atomic mass is 19.1. The van der Waals surface area contributed by atoms with Crippen LogP contribution >= 0.6 is 0 Å². The molecule has 2 aromatic rings. The molecule has 3 rings (SSSR count). The molecule has 0 spiro atoms. The Morgan fingerprint density at radius 1 is 1.12 bits per heavy atom. The molecule has 0 bridgehead atoms. The van der Waals surface area contributed by atoms with E-state index in [1.807, 2.05) is 0 Å². The maximum atomic E-state index is 14.1. The first-order valence-corrected chi connectivity index (χ1v) is 8.29. The number of anilines is 1. The van der Waals surface area contributed by atoms with Gasteiger partial charge in [0.15, 0.2) is 11.6 Å². The van der Waals surface area contributed by atoms with E-state index in [1.165, 1.54) is 12.1 Å². The van der Waals surface area contributed by atoms with Gasteiger partial charge in [0.2, 0.25) is 0 Å². The normalized spacial score (nSPS) is 16.1. The van der Waals surface area contributed by atoms with E-state index in [1.54, 1.807) is 18.2 Å². The van der Waals surface area contributed by atoms with Gasteiger partial charge in [-0.2, -0.15) is 5.26 Å². The Morgan fingerprint density at radius 3 is 2.42 bits per heavy atom. The third-order valence-electron chi connectivity index (χ3n) is 4.36. The number of nitrogens with zero attached hydrogens (tertiary/aromatic N) is 2. The molecule has 1 saturated heterocycles. The predicted molar refractivity (Wildman–Crippen MR) is 91.1 cm³/mol. The van der Waals surface area contributed by atoms with Crippen LogP contribution in [0.25, 0.3) is 0 Å². The number of nitrogens with one attached hydrogen (secondary N) is 1. The van der Waals surface area contributed by atoms with Crippen molar-refractivity contribution < 1.29 is 17.9 Å². The lowest BCUT2D eigenvalue weighted by Gasteiger charge is -2.35.